The number of aryl methyl sites for hydroxylation is 1. The number of carbonyl (C=O) groups is 3. The van der Waals surface area contributed by atoms with Gasteiger partial charge in [-0.15, -0.1) is 0 Å². The van der Waals surface area contributed by atoms with Gasteiger partial charge in [-0.3, -0.25) is 14.4 Å². The van der Waals surface area contributed by atoms with Crippen LogP contribution in [0.3, 0.4) is 0 Å². The van der Waals surface area contributed by atoms with Gasteiger partial charge in [0.05, 0.1) is 5.56 Å². The number of amides is 3. The van der Waals surface area contributed by atoms with Gasteiger partial charge in [-0.05, 0) is 31.0 Å². The number of hydrogen-bond donors (Lipinski definition) is 1. The van der Waals surface area contributed by atoms with Crippen molar-refractivity contribution in [2.45, 2.75) is 37.8 Å². The summed E-state index contributed by atoms with van der Waals surface area (Å²) in [7, 11) is -2.65. The van der Waals surface area contributed by atoms with Crippen LogP contribution in [0.1, 0.15) is 34.8 Å². The lowest BCUT2D eigenvalue weighted by Gasteiger charge is -2.31. The molecule has 0 unspecified atom stereocenters. The molecule has 2 aromatic carbocycles. The molecule has 1 aliphatic heterocycles. The number of sulfonamides is 1. The van der Waals surface area contributed by atoms with Crippen LogP contribution >= 0.6 is 0 Å². The number of carbonyl (C=O) groups excluding carboxylic acids is 3. The first kappa shape index (κ1) is 22.5. The van der Waals surface area contributed by atoms with E-state index in [0.717, 1.165) is 11.1 Å². The van der Waals surface area contributed by atoms with Gasteiger partial charge in [0.15, 0.2) is 0 Å². The molecule has 0 spiro atoms. The van der Waals surface area contributed by atoms with Crippen molar-refractivity contribution >= 4 is 27.7 Å². The average Bonchev–Trinajstić information content (AvgIpc) is 2.94. The number of likely N-dealkylation sites (N-methyl/N-ethyl adjacent to an activating group) is 1. The van der Waals surface area contributed by atoms with Crippen LogP contribution in [0.5, 0.6) is 0 Å². The molecule has 1 N–H and O–H groups in total. The molecular weight excluding hydrogens is 418 g/mol. The van der Waals surface area contributed by atoms with Crippen LogP contribution in [0.25, 0.3) is 0 Å². The van der Waals surface area contributed by atoms with Gasteiger partial charge in [-0.2, -0.15) is 0 Å². The Kier molecular flexibility index (Phi) is 6.45. The molecule has 1 atom stereocenters. The van der Waals surface area contributed by atoms with E-state index in [-0.39, 0.29) is 22.9 Å². The van der Waals surface area contributed by atoms with E-state index < -0.39 is 34.4 Å². The van der Waals surface area contributed by atoms with E-state index in [1.165, 1.54) is 30.1 Å². The highest BCUT2D eigenvalue weighted by Crippen LogP contribution is 2.30. The molecule has 1 heterocycles. The minimum Gasteiger partial charge on any atom is -0.357 e. The van der Waals surface area contributed by atoms with Crippen molar-refractivity contribution in [1.29, 1.82) is 0 Å². The first-order valence-electron chi connectivity index (χ1n) is 9.93. The molecule has 0 saturated heterocycles. The number of rotatable bonds is 7. The predicted octanol–water partition coefficient (Wildman–Crippen LogP) is 1.69. The monoisotopic (exact) mass is 443 g/mol. The third kappa shape index (κ3) is 4.32. The van der Waals surface area contributed by atoms with Crippen molar-refractivity contribution in [3.63, 3.8) is 0 Å². The van der Waals surface area contributed by atoms with Crippen LogP contribution in [0, 0.1) is 6.92 Å². The zero-order valence-electron chi connectivity index (χ0n) is 17.7. The molecule has 0 aromatic heterocycles. The highest BCUT2D eigenvalue weighted by molar-refractivity contribution is 7.90. The maximum Gasteiger partial charge on any atom is 0.269 e. The Balaban J connectivity index is 1.93. The Morgan fingerprint density at radius 2 is 1.84 bits per heavy atom. The van der Waals surface area contributed by atoms with Gasteiger partial charge >= 0.3 is 0 Å². The normalized spacial score (nSPS) is 15.3. The Hall–Kier alpha value is -3.20. The van der Waals surface area contributed by atoms with E-state index in [1.54, 1.807) is 13.0 Å². The van der Waals surface area contributed by atoms with Gasteiger partial charge in [0.1, 0.15) is 17.5 Å². The molecule has 3 rings (SSSR count). The molecule has 9 heteroatoms. The molecule has 0 bridgehead atoms. The molecule has 164 valence electrons. The van der Waals surface area contributed by atoms with E-state index in [0.29, 0.717) is 10.7 Å². The second-order valence-corrected chi connectivity index (χ2v) is 9.19. The van der Waals surface area contributed by atoms with Gasteiger partial charge in [0.25, 0.3) is 15.9 Å². The molecule has 8 nitrogen and oxygen atoms in total. The molecule has 3 amide bonds. The van der Waals surface area contributed by atoms with Crippen LogP contribution in [-0.2, 0) is 26.2 Å². The first-order chi connectivity index (χ1) is 14.7. The summed E-state index contributed by atoms with van der Waals surface area (Å²) in [6, 6.07) is 12.5. The fraction of sp³-hybridized carbons (Fsp3) is 0.318. The summed E-state index contributed by atoms with van der Waals surface area (Å²) < 4.78 is 26.3. The van der Waals surface area contributed by atoms with E-state index in [9.17, 15) is 22.8 Å². The van der Waals surface area contributed by atoms with E-state index in [1.807, 2.05) is 31.2 Å². The standard InChI is InChI=1S/C22H25N3O5S/c1-4-18(21(27)23-3)24(13-16-9-7-8-15(2)12-16)20(26)14-25-22(28)17-10-5-6-11-19(17)31(25,29)30/h5-12,18H,4,13-14H2,1-3H3,(H,23,27)/t18-/m1/s1. The SMILES string of the molecule is CC[C@H](C(=O)NC)N(Cc1cccc(C)c1)C(=O)CN1C(=O)c2ccccc2S1(=O)=O. The van der Waals surface area contributed by atoms with Gasteiger partial charge in [0, 0.05) is 13.6 Å². The topological polar surface area (TPSA) is 104 Å². The summed E-state index contributed by atoms with van der Waals surface area (Å²) >= 11 is 0. The smallest absolute Gasteiger partial charge is 0.269 e. The largest absolute Gasteiger partial charge is 0.357 e. The average molecular weight is 444 g/mol. The number of benzene rings is 2. The van der Waals surface area contributed by atoms with Gasteiger partial charge in [-0.1, -0.05) is 48.9 Å². The maximum atomic E-state index is 13.3. The second-order valence-electron chi connectivity index (χ2n) is 7.36. The van der Waals surface area contributed by atoms with Gasteiger partial charge in [0.2, 0.25) is 11.8 Å². The van der Waals surface area contributed by atoms with Crippen LogP contribution in [0.15, 0.2) is 53.4 Å². The van der Waals surface area contributed by atoms with Crippen LogP contribution in [-0.4, -0.2) is 55.0 Å². The lowest BCUT2D eigenvalue weighted by atomic mass is 10.1. The van der Waals surface area contributed by atoms with Crippen LogP contribution in [0.4, 0.5) is 0 Å². The van der Waals surface area contributed by atoms with Crippen LogP contribution in [0.2, 0.25) is 0 Å². The zero-order valence-corrected chi connectivity index (χ0v) is 18.5. The summed E-state index contributed by atoms with van der Waals surface area (Å²) in [6.07, 6.45) is 0.331. The van der Waals surface area contributed by atoms with Crippen molar-refractivity contribution in [3.05, 3.63) is 65.2 Å². The lowest BCUT2D eigenvalue weighted by molar-refractivity contribution is -0.141. The Labute approximate surface area is 181 Å². The number of hydrogen-bond acceptors (Lipinski definition) is 5. The molecular formula is C22H25N3O5S. The van der Waals surface area contributed by atoms with Crippen molar-refractivity contribution in [1.82, 2.24) is 14.5 Å². The number of nitrogens with one attached hydrogen (secondary N) is 1. The third-order valence-electron chi connectivity index (χ3n) is 5.26. The minimum atomic E-state index is -4.13. The fourth-order valence-corrected chi connectivity index (χ4v) is 5.21. The highest BCUT2D eigenvalue weighted by atomic mass is 32.2. The van der Waals surface area contributed by atoms with Crippen molar-refractivity contribution < 1.29 is 22.8 Å². The van der Waals surface area contributed by atoms with Gasteiger partial charge in [-0.25, -0.2) is 12.7 Å². The van der Waals surface area contributed by atoms with Crippen molar-refractivity contribution in [2.24, 2.45) is 0 Å². The van der Waals surface area contributed by atoms with Gasteiger partial charge < -0.3 is 10.2 Å². The third-order valence-corrected chi connectivity index (χ3v) is 7.05. The lowest BCUT2D eigenvalue weighted by Crippen LogP contribution is -2.51. The number of fused-ring (bicyclic) bond motifs is 1. The fourth-order valence-electron chi connectivity index (χ4n) is 3.69. The molecule has 2 aromatic rings. The molecule has 0 saturated carbocycles. The molecule has 31 heavy (non-hydrogen) atoms. The summed E-state index contributed by atoms with van der Waals surface area (Å²) in [5.41, 5.74) is 1.83. The molecule has 0 aliphatic carbocycles. The highest BCUT2D eigenvalue weighted by Gasteiger charge is 2.43. The van der Waals surface area contributed by atoms with Crippen LogP contribution < -0.4 is 5.32 Å². The quantitative estimate of drug-likeness (QED) is 0.701. The molecule has 0 radical (unpaired) electrons. The minimum absolute atomic E-state index is 0.0406. The van der Waals surface area contributed by atoms with Crippen molar-refractivity contribution in [3.8, 4) is 0 Å². The predicted molar refractivity (Wildman–Crippen MR) is 115 cm³/mol. The van der Waals surface area contributed by atoms with E-state index in [2.05, 4.69) is 5.32 Å². The van der Waals surface area contributed by atoms with E-state index >= 15 is 0 Å². The summed E-state index contributed by atoms with van der Waals surface area (Å²) in [6.45, 7) is 3.12. The molecule has 1 aliphatic rings. The maximum absolute atomic E-state index is 13.3. The Bertz CT molecular complexity index is 1130. The zero-order chi connectivity index (χ0) is 22.8. The number of nitrogens with zero attached hydrogens (tertiary/aromatic N) is 2. The molecule has 0 fully saturated rings. The Morgan fingerprint density at radius 1 is 1.13 bits per heavy atom. The second kappa shape index (κ2) is 8.89. The van der Waals surface area contributed by atoms with E-state index in [4.69, 9.17) is 0 Å². The summed E-state index contributed by atoms with van der Waals surface area (Å²) in [5, 5.41) is 2.55. The summed E-state index contributed by atoms with van der Waals surface area (Å²) in [5.74, 6) is -1.73. The van der Waals surface area contributed by atoms with Crippen molar-refractivity contribution in [2.75, 3.05) is 13.6 Å². The summed E-state index contributed by atoms with van der Waals surface area (Å²) in [4.78, 5) is 39.6. The Morgan fingerprint density at radius 3 is 2.45 bits per heavy atom. The first-order valence-corrected chi connectivity index (χ1v) is 11.4.